The minimum Gasteiger partial charge on any atom is -0.460 e. The lowest BCUT2D eigenvalue weighted by molar-refractivity contribution is -0.162. The molecule has 4 atom stereocenters. The van der Waals surface area contributed by atoms with Crippen LogP contribution < -0.4 is 5.32 Å². The summed E-state index contributed by atoms with van der Waals surface area (Å²) in [4.78, 5) is 39.6. The van der Waals surface area contributed by atoms with E-state index in [2.05, 4.69) is 5.32 Å². The number of nitrogens with one attached hydrogen (secondary N) is 1. The molecule has 0 heterocycles. The Balaban J connectivity index is 2.29. The van der Waals surface area contributed by atoms with Crippen LogP contribution in [-0.4, -0.2) is 23.3 Å². The average Bonchev–Trinajstić information content (AvgIpc) is 3.06. The van der Waals surface area contributed by atoms with Gasteiger partial charge < -0.3 is 10.1 Å². The number of amides is 1. The third-order valence-electron chi connectivity index (χ3n) is 5.93. The maximum atomic E-state index is 13.3. The maximum absolute atomic E-state index is 13.3. The highest BCUT2D eigenvalue weighted by Crippen LogP contribution is 2.47. The number of hydrogen-bond donors (Lipinski definition) is 1. The fourth-order valence-electron chi connectivity index (χ4n) is 4.77. The van der Waals surface area contributed by atoms with Crippen LogP contribution in [0.3, 0.4) is 0 Å². The Kier molecular flexibility index (Phi) is 8.44. The van der Waals surface area contributed by atoms with Crippen LogP contribution in [0.5, 0.6) is 0 Å². The fourth-order valence-corrected chi connectivity index (χ4v) is 4.77. The Labute approximate surface area is 187 Å². The molecule has 0 aliphatic heterocycles. The standard InChI is InChI=1S/C26H39NO4/c1-16(2)13-21(28)23-19(24(29)27-15-18-11-9-8-10-12-18)14-20(22(23)17(3)4)25(30)31-26(5,6)7/h8-12,16-17,19-20,22-23H,13-15H2,1-7H3,(H,27,29)/t19-,20+,22+,23+/m0/s1. The summed E-state index contributed by atoms with van der Waals surface area (Å²) in [6.07, 6.45) is 0.768. The van der Waals surface area contributed by atoms with Crippen LogP contribution >= 0.6 is 0 Å². The maximum Gasteiger partial charge on any atom is 0.309 e. The predicted octanol–water partition coefficient (Wildman–Crippen LogP) is 4.78. The van der Waals surface area contributed by atoms with E-state index in [-0.39, 0.29) is 35.4 Å². The fraction of sp³-hybridized carbons (Fsp3) is 0.654. The molecule has 0 saturated heterocycles. The molecule has 1 N–H and O–H groups in total. The van der Waals surface area contributed by atoms with Crippen LogP contribution in [0.15, 0.2) is 30.3 Å². The number of carbonyl (C=O) groups is 3. The summed E-state index contributed by atoms with van der Waals surface area (Å²) >= 11 is 0. The summed E-state index contributed by atoms with van der Waals surface area (Å²) in [6, 6.07) is 9.70. The molecular formula is C26H39NO4. The highest BCUT2D eigenvalue weighted by Gasteiger charge is 2.53. The second kappa shape index (κ2) is 10.4. The molecule has 1 fully saturated rings. The SMILES string of the molecule is CC(C)CC(=O)[C@@H]1[C@H](C(C)C)[C@H](C(=O)OC(C)(C)C)C[C@@H]1C(=O)NCc1ccccc1. The van der Waals surface area contributed by atoms with Crippen molar-refractivity contribution in [2.24, 2.45) is 35.5 Å². The van der Waals surface area contributed by atoms with E-state index in [1.54, 1.807) is 0 Å². The molecule has 0 bridgehead atoms. The van der Waals surface area contributed by atoms with Crippen molar-refractivity contribution in [2.45, 2.75) is 73.5 Å². The molecular weight excluding hydrogens is 390 g/mol. The Bertz CT molecular complexity index is 763. The predicted molar refractivity (Wildman–Crippen MR) is 122 cm³/mol. The van der Waals surface area contributed by atoms with Gasteiger partial charge in [0, 0.05) is 24.8 Å². The molecule has 0 aromatic heterocycles. The molecule has 1 aliphatic rings. The van der Waals surface area contributed by atoms with Crippen molar-refractivity contribution in [1.82, 2.24) is 5.32 Å². The molecule has 5 nitrogen and oxygen atoms in total. The highest BCUT2D eigenvalue weighted by molar-refractivity contribution is 5.91. The van der Waals surface area contributed by atoms with E-state index in [0.29, 0.717) is 19.4 Å². The number of hydrogen-bond acceptors (Lipinski definition) is 4. The minimum atomic E-state index is -0.607. The summed E-state index contributed by atoms with van der Waals surface area (Å²) in [7, 11) is 0. The van der Waals surface area contributed by atoms with Gasteiger partial charge >= 0.3 is 5.97 Å². The van der Waals surface area contributed by atoms with Gasteiger partial charge in [-0.3, -0.25) is 14.4 Å². The van der Waals surface area contributed by atoms with Crippen LogP contribution in [0.1, 0.15) is 66.9 Å². The largest absolute Gasteiger partial charge is 0.460 e. The topological polar surface area (TPSA) is 72.5 Å². The van der Waals surface area contributed by atoms with E-state index in [4.69, 9.17) is 4.74 Å². The summed E-state index contributed by atoms with van der Waals surface area (Å²) in [5, 5.41) is 3.00. The second-order valence-electron chi connectivity index (χ2n) is 10.6. The minimum absolute atomic E-state index is 0.0830. The summed E-state index contributed by atoms with van der Waals surface area (Å²) in [5.74, 6) is -1.70. The molecule has 2 rings (SSSR count). The molecule has 0 spiro atoms. The summed E-state index contributed by atoms with van der Waals surface area (Å²) in [6.45, 7) is 14.0. The van der Waals surface area contributed by atoms with Crippen LogP contribution in [0, 0.1) is 35.5 Å². The number of carbonyl (C=O) groups excluding carboxylic acids is 3. The number of ether oxygens (including phenoxy) is 1. The van der Waals surface area contributed by atoms with Crippen LogP contribution in [-0.2, 0) is 25.7 Å². The van der Waals surface area contributed by atoms with Gasteiger partial charge in [0.2, 0.25) is 5.91 Å². The van der Waals surface area contributed by atoms with Crippen LogP contribution in [0.2, 0.25) is 0 Å². The smallest absolute Gasteiger partial charge is 0.309 e. The van der Waals surface area contributed by atoms with Gasteiger partial charge in [0.15, 0.2) is 0 Å². The molecule has 1 amide bonds. The van der Waals surface area contributed by atoms with E-state index in [1.165, 1.54) is 0 Å². The molecule has 1 aromatic rings. The average molecular weight is 430 g/mol. The first-order valence-electron chi connectivity index (χ1n) is 11.5. The zero-order valence-corrected chi connectivity index (χ0v) is 20.1. The van der Waals surface area contributed by atoms with Crippen LogP contribution in [0.4, 0.5) is 0 Å². The van der Waals surface area contributed by atoms with Gasteiger partial charge in [-0.2, -0.15) is 0 Å². The van der Waals surface area contributed by atoms with Crippen molar-refractivity contribution in [3.8, 4) is 0 Å². The lowest BCUT2D eigenvalue weighted by Crippen LogP contribution is -2.39. The van der Waals surface area contributed by atoms with Gasteiger partial charge in [-0.25, -0.2) is 0 Å². The molecule has 1 saturated carbocycles. The van der Waals surface area contributed by atoms with Crippen molar-refractivity contribution >= 4 is 17.7 Å². The first-order valence-corrected chi connectivity index (χ1v) is 11.5. The molecule has 5 heteroatoms. The van der Waals surface area contributed by atoms with E-state index in [0.717, 1.165) is 5.56 Å². The van der Waals surface area contributed by atoms with E-state index >= 15 is 0 Å². The molecule has 1 aliphatic carbocycles. The third-order valence-corrected chi connectivity index (χ3v) is 5.93. The van der Waals surface area contributed by atoms with Gasteiger partial charge in [-0.15, -0.1) is 0 Å². The first-order chi connectivity index (χ1) is 14.4. The van der Waals surface area contributed by atoms with E-state index in [9.17, 15) is 14.4 Å². The Morgan fingerprint density at radius 1 is 1.03 bits per heavy atom. The van der Waals surface area contributed by atoms with Crippen molar-refractivity contribution < 1.29 is 19.1 Å². The van der Waals surface area contributed by atoms with Crippen molar-refractivity contribution in [2.75, 3.05) is 0 Å². The summed E-state index contributed by atoms with van der Waals surface area (Å²) in [5.41, 5.74) is 0.395. The molecule has 0 unspecified atom stereocenters. The van der Waals surface area contributed by atoms with Gasteiger partial charge in [0.05, 0.1) is 5.92 Å². The lowest BCUT2D eigenvalue weighted by atomic mass is 9.75. The Morgan fingerprint density at radius 3 is 2.16 bits per heavy atom. The van der Waals surface area contributed by atoms with Crippen molar-refractivity contribution in [1.29, 1.82) is 0 Å². The molecule has 0 radical (unpaired) electrons. The van der Waals surface area contributed by atoms with Crippen molar-refractivity contribution in [3.05, 3.63) is 35.9 Å². The molecule has 172 valence electrons. The quantitative estimate of drug-likeness (QED) is 0.604. The monoisotopic (exact) mass is 429 g/mol. The molecule has 1 aromatic carbocycles. The normalized spacial score (nSPS) is 23.8. The van der Waals surface area contributed by atoms with E-state index < -0.39 is 23.4 Å². The van der Waals surface area contributed by atoms with Gasteiger partial charge in [0.1, 0.15) is 11.4 Å². The number of ketones is 1. The van der Waals surface area contributed by atoms with Crippen molar-refractivity contribution in [3.63, 3.8) is 0 Å². The Hall–Kier alpha value is -2.17. The number of Topliss-reactive ketones (excluding diaryl/α,β-unsaturated/α-hetero) is 1. The number of rotatable bonds is 8. The third kappa shape index (κ3) is 6.91. The van der Waals surface area contributed by atoms with Crippen LogP contribution in [0.25, 0.3) is 0 Å². The number of benzene rings is 1. The lowest BCUT2D eigenvalue weighted by Gasteiger charge is -2.30. The zero-order chi connectivity index (χ0) is 23.3. The number of esters is 1. The first kappa shape index (κ1) is 25.1. The zero-order valence-electron chi connectivity index (χ0n) is 20.1. The van der Waals surface area contributed by atoms with E-state index in [1.807, 2.05) is 78.8 Å². The van der Waals surface area contributed by atoms with Gasteiger partial charge in [-0.05, 0) is 50.5 Å². The van der Waals surface area contributed by atoms with Gasteiger partial charge in [-0.1, -0.05) is 58.0 Å². The van der Waals surface area contributed by atoms with Gasteiger partial charge in [0.25, 0.3) is 0 Å². The summed E-state index contributed by atoms with van der Waals surface area (Å²) < 4.78 is 5.69. The molecule has 31 heavy (non-hydrogen) atoms. The second-order valence-corrected chi connectivity index (χ2v) is 10.6. The highest BCUT2D eigenvalue weighted by atomic mass is 16.6. The Morgan fingerprint density at radius 2 is 1.65 bits per heavy atom.